The van der Waals surface area contributed by atoms with Crippen molar-refractivity contribution < 1.29 is 9.47 Å². The van der Waals surface area contributed by atoms with Crippen molar-refractivity contribution in [2.45, 2.75) is 13.5 Å². The number of rotatable bonds is 7. The SMILES string of the molecule is COc1ccc(Nc2cc(NCc3ccccc3)nc(C)n2)cc1OC. The van der Waals surface area contributed by atoms with Crippen LogP contribution >= 0.6 is 0 Å². The van der Waals surface area contributed by atoms with E-state index in [1.54, 1.807) is 14.2 Å². The van der Waals surface area contributed by atoms with Crippen molar-refractivity contribution in [3.8, 4) is 11.5 Å². The average molecular weight is 350 g/mol. The second-order valence-electron chi connectivity index (χ2n) is 5.72. The lowest BCUT2D eigenvalue weighted by molar-refractivity contribution is 0.355. The Morgan fingerprint density at radius 2 is 1.58 bits per heavy atom. The molecule has 134 valence electrons. The highest BCUT2D eigenvalue weighted by Crippen LogP contribution is 2.31. The van der Waals surface area contributed by atoms with E-state index < -0.39 is 0 Å². The number of aromatic nitrogens is 2. The van der Waals surface area contributed by atoms with E-state index >= 15 is 0 Å². The molecule has 6 nitrogen and oxygen atoms in total. The predicted octanol–water partition coefficient (Wildman–Crippen LogP) is 4.16. The molecule has 0 atom stereocenters. The van der Waals surface area contributed by atoms with Crippen LogP contribution in [0.4, 0.5) is 17.3 Å². The highest BCUT2D eigenvalue weighted by molar-refractivity contribution is 5.63. The normalized spacial score (nSPS) is 10.3. The van der Waals surface area contributed by atoms with Crippen molar-refractivity contribution in [2.24, 2.45) is 0 Å². The Morgan fingerprint density at radius 1 is 0.846 bits per heavy atom. The molecule has 0 aliphatic carbocycles. The zero-order chi connectivity index (χ0) is 18.4. The maximum Gasteiger partial charge on any atom is 0.162 e. The van der Waals surface area contributed by atoms with Crippen LogP contribution in [0.25, 0.3) is 0 Å². The lowest BCUT2D eigenvalue weighted by Gasteiger charge is -2.12. The molecule has 3 rings (SSSR count). The van der Waals surface area contributed by atoms with E-state index in [9.17, 15) is 0 Å². The molecule has 6 heteroatoms. The molecule has 1 heterocycles. The van der Waals surface area contributed by atoms with Gasteiger partial charge in [-0.2, -0.15) is 0 Å². The van der Waals surface area contributed by atoms with Crippen molar-refractivity contribution in [3.05, 3.63) is 66.0 Å². The minimum atomic E-state index is 0.658. The van der Waals surface area contributed by atoms with Crippen LogP contribution in [0.15, 0.2) is 54.6 Å². The number of nitrogens with one attached hydrogen (secondary N) is 2. The summed E-state index contributed by atoms with van der Waals surface area (Å²) in [4.78, 5) is 8.89. The largest absolute Gasteiger partial charge is 0.493 e. The van der Waals surface area contributed by atoms with Crippen molar-refractivity contribution >= 4 is 17.3 Å². The van der Waals surface area contributed by atoms with E-state index in [0.29, 0.717) is 29.7 Å². The zero-order valence-corrected chi connectivity index (χ0v) is 15.1. The third-order valence-electron chi connectivity index (χ3n) is 3.81. The van der Waals surface area contributed by atoms with Gasteiger partial charge in [-0.25, -0.2) is 9.97 Å². The minimum Gasteiger partial charge on any atom is -0.493 e. The third kappa shape index (κ3) is 4.42. The van der Waals surface area contributed by atoms with E-state index in [4.69, 9.17) is 9.47 Å². The number of nitrogens with zero attached hydrogens (tertiary/aromatic N) is 2. The van der Waals surface area contributed by atoms with Crippen LogP contribution in [0.1, 0.15) is 11.4 Å². The Morgan fingerprint density at radius 3 is 2.31 bits per heavy atom. The number of benzene rings is 2. The first kappa shape index (κ1) is 17.5. The smallest absolute Gasteiger partial charge is 0.162 e. The second kappa shape index (κ2) is 8.20. The highest BCUT2D eigenvalue weighted by atomic mass is 16.5. The van der Waals surface area contributed by atoms with Crippen LogP contribution in [-0.2, 0) is 6.54 Å². The molecule has 0 aliphatic heterocycles. The first-order chi connectivity index (χ1) is 12.7. The number of aryl methyl sites for hydroxylation is 1. The molecular formula is C20H22N4O2. The summed E-state index contributed by atoms with van der Waals surface area (Å²) in [7, 11) is 3.23. The summed E-state index contributed by atoms with van der Waals surface area (Å²) in [5.74, 6) is 3.50. The van der Waals surface area contributed by atoms with Gasteiger partial charge in [0.25, 0.3) is 0 Å². The molecule has 26 heavy (non-hydrogen) atoms. The van der Waals surface area contributed by atoms with E-state index in [1.807, 2.05) is 49.4 Å². The molecule has 0 bridgehead atoms. The fourth-order valence-corrected chi connectivity index (χ4v) is 2.57. The fourth-order valence-electron chi connectivity index (χ4n) is 2.57. The van der Waals surface area contributed by atoms with E-state index in [1.165, 1.54) is 5.56 Å². The number of anilines is 3. The summed E-state index contributed by atoms with van der Waals surface area (Å²) in [5.41, 5.74) is 2.05. The summed E-state index contributed by atoms with van der Waals surface area (Å²) >= 11 is 0. The molecule has 0 aliphatic rings. The molecule has 2 aromatic carbocycles. The van der Waals surface area contributed by atoms with Gasteiger partial charge in [0.2, 0.25) is 0 Å². The van der Waals surface area contributed by atoms with Crippen LogP contribution < -0.4 is 20.1 Å². The van der Waals surface area contributed by atoms with Crippen molar-refractivity contribution in [2.75, 3.05) is 24.9 Å². The zero-order valence-electron chi connectivity index (χ0n) is 15.1. The molecule has 0 amide bonds. The summed E-state index contributed by atoms with van der Waals surface area (Å²) in [6.45, 7) is 2.57. The number of hydrogen-bond donors (Lipinski definition) is 2. The van der Waals surface area contributed by atoms with Gasteiger partial charge in [0.05, 0.1) is 14.2 Å². The van der Waals surface area contributed by atoms with Crippen LogP contribution in [-0.4, -0.2) is 24.2 Å². The first-order valence-electron chi connectivity index (χ1n) is 8.30. The van der Waals surface area contributed by atoms with Crippen LogP contribution in [0.3, 0.4) is 0 Å². The lowest BCUT2D eigenvalue weighted by Crippen LogP contribution is -2.05. The maximum absolute atomic E-state index is 5.34. The summed E-state index contributed by atoms with van der Waals surface area (Å²) in [6, 6.07) is 17.7. The lowest BCUT2D eigenvalue weighted by atomic mass is 10.2. The molecular weight excluding hydrogens is 328 g/mol. The summed E-state index contributed by atoms with van der Waals surface area (Å²) in [5, 5.41) is 6.62. The second-order valence-corrected chi connectivity index (χ2v) is 5.72. The molecule has 0 unspecified atom stereocenters. The topological polar surface area (TPSA) is 68.3 Å². The van der Waals surface area contributed by atoms with Crippen LogP contribution in [0.2, 0.25) is 0 Å². The Kier molecular flexibility index (Phi) is 5.53. The van der Waals surface area contributed by atoms with E-state index in [2.05, 4.69) is 32.7 Å². The fraction of sp³-hybridized carbons (Fsp3) is 0.200. The predicted molar refractivity (Wildman–Crippen MR) is 103 cm³/mol. The van der Waals surface area contributed by atoms with Gasteiger partial charge in [0.15, 0.2) is 11.5 Å². The Hall–Kier alpha value is -3.28. The third-order valence-corrected chi connectivity index (χ3v) is 3.81. The van der Waals surface area contributed by atoms with E-state index in [0.717, 1.165) is 11.5 Å². The van der Waals surface area contributed by atoms with E-state index in [-0.39, 0.29) is 0 Å². The van der Waals surface area contributed by atoms with Crippen LogP contribution in [0.5, 0.6) is 11.5 Å². The Labute approximate surface area is 153 Å². The molecule has 3 aromatic rings. The molecule has 2 N–H and O–H groups in total. The number of methoxy groups -OCH3 is 2. The Balaban J connectivity index is 1.75. The van der Waals surface area contributed by atoms with Crippen molar-refractivity contribution in [1.29, 1.82) is 0 Å². The van der Waals surface area contributed by atoms with Gasteiger partial charge in [0, 0.05) is 24.4 Å². The summed E-state index contributed by atoms with van der Waals surface area (Å²) < 4.78 is 10.6. The van der Waals surface area contributed by atoms with Gasteiger partial charge in [-0.15, -0.1) is 0 Å². The van der Waals surface area contributed by atoms with Crippen molar-refractivity contribution in [1.82, 2.24) is 9.97 Å². The van der Waals surface area contributed by atoms with Gasteiger partial charge < -0.3 is 20.1 Å². The summed E-state index contributed by atoms with van der Waals surface area (Å²) in [6.07, 6.45) is 0. The minimum absolute atomic E-state index is 0.658. The standard InChI is InChI=1S/C20H22N4O2/c1-14-22-19(21-13-15-7-5-4-6-8-15)12-20(23-14)24-16-9-10-17(25-2)18(11-16)26-3/h4-12H,13H2,1-3H3,(H2,21,22,23,24). The van der Waals surface area contributed by atoms with Gasteiger partial charge in [-0.05, 0) is 24.6 Å². The molecule has 1 aromatic heterocycles. The van der Waals surface area contributed by atoms with Gasteiger partial charge in [0.1, 0.15) is 17.5 Å². The maximum atomic E-state index is 5.34. The highest BCUT2D eigenvalue weighted by Gasteiger charge is 2.07. The monoisotopic (exact) mass is 350 g/mol. The van der Waals surface area contributed by atoms with Gasteiger partial charge >= 0.3 is 0 Å². The number of hydrogen-bond acceptors (Lipinski definition) is 6. The average Bonchev–Trinajstić information content (AvgIpc) is 2.66. The molecule has 0 fully saturated rings. The van der Waals surface area contributed by atoms with Crippen molar-refractivity contribution in [3.63, 3.8) is 0 Å². The van der Waals surface area contributed by atoms with Crippen LogP contribution in [0, 0.1) is 6.92 Å². The Bertz CT molecular complexity index is 869. The van der Waals surface area contributed by atoms with Gasteiger partial charge in [-0.3, -0.25) is 0 Å². The first-order valence-corrected chi connectivity index (χ1v) is 8.30. The molecule has 0 saturated heterocycles. The quantitative estimate of drug-likeness (QED) is 0.667. The molecule has 0 radical (unpaired) electrons. The number of ether oxygens (including phenoxy) is 2. The van der Waals surface area contributed by atoms with Gasteiger partial charge in [-0.1, -0.05) is 30.3 Å². The molecule has 0 spiro atoms. The molecule has 0 saturated carbocycles.